The largest absolute Gasteiger partial charge is 0.496 e. The zero-order chi connectivity index (χ0) is 15.2. The maximum Gasteiger partial charge on any atom is 0.173 e. The minimum absolute atomic E-state index is 0.0811. The van der Waals surface area contributed by atoms with Gasteiger partial charge in [0.25, 0.3) is 0 Å². The highest BCUT2D eigenvalue weighted by Gasteiger charge is 2.21. The highest BCUT2D eigenvalue weighted by molar-refractivity contribution is 5.99. The second-order valence-corrected chi connectivity index (χ2v) is 5.52. The third-order valence-electron chi connectivity index (χ3n) is 4.28. The van der Waals surface area contributed by atoms with Gasteiger partial charge in [0.05, 0.1) is 12.7 Å². The van der Waals surface area contributed by atoms with E-state index in [-0.39, 0.29) is 5.84 Å². The summed E-state index contributed by atoms with van der Waals surface area (Å²) in [4.78, 5) is 2.50. The Hall–Kier alpha value is -1.75. The molecule has 21 heavy (non-hydrogen) atoms. The van der Waals surface area contributed by atoms with E-state index >= 15 is 0 Å². The zero-order valence-corrected chi connectivity index (χ0v) is 12.9. The SMILES string of the molecule is CCN(Cc1ccc(OC)c(C(N)=NO)c1)C1CCCC1. The van der Waals surface area contributed by atoms with Crippen molar-refractivity contribution in [3.8, 4) is 5.75 Å². The molecule has 0 saturated heterocycles. The van der Waals surface area contributed by atoms with Crippen molar-refractivity contribution >= 4 is 5.84 Å². The molecule has 2 rings (SSSR count). The van der Waals surface area contributed by atoms with Gasteiger partial charge in [0, 0.05) is 12.6 Å². The Morgan fingerprint density at radius 2 is 2.14 bits per heavy atom. The number of ether oxygens (including phenoxy) is 1. The van der Waals surface area contributed by atoms with Gasteiger partial charge in [-0.3, -0.25) is 4.90 Å². The summed E-state index contributed by atoms with van der Waals surface area (Å²) < 4.78 is 5.27. The van der Waals surface area contributed by atoms with E-state index in [0.29, 0.717) is 17.4 Å². The number of methoxy groups -OCH3 is 1. The molecule has 1 aromatic rings. The molecule has 0 atom stereocenters. The van der Waals surface area contributed by atoms with Gasteiger partial charge in [-0.15, -0.1) is 0 Å². The molecule has 0 spiro atoms. The molecule has 1 saturated carbocycles. The van der Waals surface area contributed by atoms with Crippen molar-refractivity contribution in [1.82, 2.24) is 4.90 Å². The lowest BCUT2D eigenvalue weighted by Gasteiger charge is -2.27. The molecular weight excluding hydrogens is 266 g/mol. The molecule has 1 aliphatic carbocycles. The smallest absolute Gasteiger partial charge is 0.173 e. The molecule has 0 amide bonds. The minimum Gasteiger partial charge on any atom is -0.496 e. The van der Waals surface area contributed by atoms with Gasteiger partial charge in [0.1, 0.15) is 5.75 Å². The van der Waals surface area contributed by atoms with Gasteiger partial charge >= 0.3 is 0 Å². The molecule has 3 N–H and O–H groups in total. The van der Waals surface area contributed by atoms with Crippen LogP contribution in [0.2, 0.25) is 0 Å². The third kappa shape index (κ3) is 3.67. The molecular formula is C16H25N3O2. The van der Waals surface area contributed by atoms with E-state index in [0.717, 1.165) is 18.7 Å². The van der Waals surface area contributed by atoms with E-state index < -0.39 is 0 Å². The predicted octanol–water partition coefficient (Wildman–Crippen LogP) is 2.55. The van der Waals surface area contributed by atoms with Crippen molar-refractivity contribution < 1.29 is 9.94 Å². The molecule has 5 heteroatoms. The van der Waals surface area contributed by atoms with Crippen LogP contribution in [-0.2, 0) is 6.54 Å². The van der Waals surface area contributed by atoms with Gasteiger partial charge in [0.15, 0.2) is 5.84 Å². The summed E-state index contributed by atoms with van der Waals surface area (Å²) in [5.74, 6) is 0.704. The van der Waals surface area contributed by atoms with Crippen molar-refractivity contribution in [3.63, 3.8) is 0 Å². The molecule has 1 fully saturated rings. The van der Waals surface area contributed by atoms with Crippen molar-refractivity contribution in [3.05, 3.63) is 29.3 Å². The first kappa shape index (κ1) is 15.6. The molecule has 0 unspecified atom stereocenters. The Balaban J connectivity index is 2.19. The predicted molar refractivity (Wildman–Crippen MR) is 83.8 cm³/mol. The van der Waals surface area contributed by atoms with Crippen LogP contribution in [0.25, 0.3) is 0 Å². The number of oxime groups is 1. The Kier molecular flexibility index (Phi) is 5.44. The first-order valence-electron chi connectivity index (χ1n) is 7.58. The van der Waals surface area contributed by atoms with Gasteiger partial charge in [-0.2, -0.15) is 0 Å². The van der Waals surface area contributed by atoms with Crippen molar-refractivity contribution in [2.75, 3.05) is 13.7 Å². The van der Waals surface area contributed by atoms with Crippen molar-refractivity contribution in [2.45, 2.75) is 45.2 Å². The Morgan fingerprint density at radius 1 is 1.43 bits per heavy atom. The molecule has 1 aliphatic rings. The van der Waals surface area contributed by atoms with Gasteiger partial charge in [-0.1, -0.05) is 31.0 Å². The number of hydrogen-bond donors (Lipinski definition) is 2. The quantitative estimate of drug-likeness (QED) is 0.366. The van der Waals surface area contributed by atoms with Crippen LogP contribution in [-0.4, -0.2) is 35.6 Å². The lowest BCUT2D eigenvalue weighted by atomic mass is 10.1. The summed E-state index contributed by atoms with van der Waals surface area (Å²) in [7, 11) is 1.58. The second-order valence-electron chi connectivity index (χ2n) is 5.52. The molecule has 0 heterocycles. The van der Waals surface area contributed by atoms with E-state index in [2.05, 4.69) is 17.0 Å². The average Bonchev–Trinajstić information content (AvgIpc) is 3.05. The highest BCUT2D eigenvalue weighted by Crippen LogP contribution is 2.26. The van der Waals surface area contributed by atoms with Crippen LogP contribution >= 0.6 is 0 Å². The summed E-state index contributed by atoms with van der Waals surface area (Å²) in [6, 6.07) is 6.56. The van der Waals surface area contributed by atoms with Gasteiger partial charge in [-0.05, 0) is 37.1 Å². The fraction of sp³-hybridized carbons (Fsp3) is 0.562. The number of nitrogens with zero attached hydrogens (tertiary/aromatic N) is 2. The van der Waals surface area contributed by atoms with Gasteiger partial charge in [-0.25, -0.2) is 0 Å². The van der Waals surface area contributed by atoms with Crippen LogP contribution in [0, 0.1) is 0 Å². The number of hydrogen-bond acceptors (Lipinski definition) is 4. The first-order valence-corrected chi connectivity index (χ1v) is 7.58. The van der Waals surface area contributed by atoms with Crippen molar-refractivity contribution in [2.24, 2.45) is 10.9 Å². The summed E-state index contributed by atoms with van der Waals surface area (Å²) in [5, 5.41) is 12.0. The molecule has 0 aromatic heterocycles. The number of nitrogens with two attached hydrogens (primary N) is 1. The summed E-state index contributed by atoms with van der Waals surface area (Å²) in [6.45, 7) is 4.12. The molecule has 5 nitrogen and oxygen atoms in total. The monoisotopic (exact) mass is 291 g/mol. The lowest BCUT2D eigenvalue weighted by Crippen LogP contribution is -2.32. The maximum atomic E-state index is 8.90. The average molecular weight is 291 g/mol. The fourth-order valence-electron chi connectivity index (χ4n) is 3.11. The van der Waals surface area contributed by atoms with Crippen LogP contribution in [0.3, 0.4) is 0 Å². The van der Waals surface area contributed by atoms with Crippen LogP contribution < -0.4 is 10.5 Å². The molecule has 1 aromatic carbocycles. The Morgan fingerprint density at radius 3 is 2.71 bits per heavy atom. The fourth-order valence-corrected chi connectivity index (χ4v) is 3.11. The molecule has 0 radical (unpaired) electrons. The van der Waals surface area contributed by atoms with E-state index in [1.54, 1.807) is 7.11 Å². The first-order chi connectivity index (χ1) is 10.2. The van der Waals surface area contributed by atoms with Gasteiger partial charge in [0.2, 0.25) is 0 Å². The molecule has 0 aliphatic heterocycles. The minimum atomic E-state index is 0.0811. The number of rotatable bonds is 6. The normalized spacial score (nSPS) is 16.6. The van der Waals surface area contributed by atoms with Crippen LogP contribution in [0.5, 0.6) is 5.75 Å². The lowest BCUT2D eigenvalue weighted by molar-refractivity contribution is 0.200. The zero-order valence-electron chi connectivity index (χ0n) is 12.9. The molecule has 116 valence electrons. The summed E-state index contributed by atoms with van der Waals surface area (Å²) in [6.07, 6.45) is 5.24. The van der Waals surface area contributed by atoms with Crippen LogP contribution in [0.4, 0.5) is 0 Å². The van der Waals surface area contributed by atoms with E-state index in [1.807, 2.05) is 18.2 Å². The third-order valence-corrected chi connectivity index (χ3v) is 4.28. The Labute approximate surface area is 126 Å². The standard InChI is InChI=1S/C16H25N3O2/c1-3-19(13-6-4-5-7-13)11-12-8-9-15(21-2)14(10-12)16(17)18-20/h8-10,13,20H,3-7,11H2,1-2H3,(H2,17,18). The van der Waals surface area contributed by atoms with E-state index in [1.165, 1.54) is 25.7 Å². The maximum absolute atomic E-state index is 8.90. The number of amidine groups is 1. The molecule has 0 bridgehead atoms. The number of benzene rings is 1. The van der Waals surface area contributed by atoms with E-state index in [4.69, 9.17) is 15.7 Å². The van der Waals surface area contributed by atoms with Crippen LogP contribution in [0.1, 0.15) is 43.7 Å². The highest BCUT2D eigenvalue weighted by atomic mass is 16.5. The van der Waals surface area contributed by atoms with E-state index in [9.17, 15) is 0 Å². The van der Waals surface area contributed by atoms with Gasteiger partial charge < -0.3 is 15.7 Å². The summed E-state index contributed by atoms with van der Waals surface area (Å²) in [5.41, 5.74) is 7.53. The summed E-state index contributed by atoms with van der Waals surface area (Å²) >= 11 is 0. The Bertz CT molecular complexity index is 496. The van der Waals surface area contributed by atoms with Crippen LogP contribution in [0.15, 0.2) is 23.4 Å². The topological polar surface area (TPSA) is 71.1 Å². The second kappa shape index (κ2) is 7.31. The van der Waals surface area contributed by atoms with Crippen molar-refractivity contribution in [1.29, 1.82) is 0 Å².